The van der Waals surface area contributed by atoms with Gasteiger partial charge in [0, 0.05) is 0 Å². The number of rotatable bonds is 4. The van der Waals surface area contributed by atoms with Crippen molar-refractivity contribution in [1.82, 2.24) is 0 Å². The summed E-state index contributed by atoms with van der Waals surface area (Å²) in [7, 11) is -3.54. The van der Waals surface area contributed by atoms with Gasteiger partial charge in [-0.25, -0.2) is 8.42 Å². The Morgan fingerprint density at radius 3 is 2.00 bits per heavy atom. The Labute approximate surface area is 113 Å². The largest absolute Gasteiger partial charge is 0.279 e. The standard InChI is InChI=1S/C12H16ClNO3S/c1-8-5-9(2)12(10(3)6-8)14(7-11(13)15)18(4,16)17/h5-6H,7H2,1-4H3. The molecule has 4 nitrogen and oxygen atoms in total. The summed E-state index contributed by atoms with van der Waals surface area (Å²) in [5, 5.41) is -0.709. The van der Waals surface area contributed by atoms with Crippen LogP contribution in [0.1, 0.15) is 16.7 Å². The monoisotopic (exact) mass is 289 g/mol. The molecule has 0 aromatic heterocycles. The number of benzene rings is 1. The molecule has 0 N–H and O–H groups in total. The number of sulfonamides is 1. The third-order valence-electron chi connectivity index (χ3n) is 2.55. The number of hydrogen-bond donors (Lipinski definition) is 0. The molecule has 1 aromatic carbocycles. The van der Waals surface area contributed by atoms with Crippen molar-refractivity contribution >= 4 is 32.6 Å². The Kier molecular flexibility index (Phi) is 4.40. The van der Waals surface area contributed by atoms with E-state index in [-0.39, 0.29) is 6.54 Å². The number of halogens is 1. The van der Waals surface area contributed by atoms with E-state index in [1.54, 1.807) is 0 Å². The van der Waals surface area contributed by atoms with Crippen LogP contribution >= 0.6 is 11.6 Å². The zero-order valence-electron chi connectivity index (χ0n) is 10.8. The van der Waals surface area contributed by atoms with Crippen molar-refractivity contribution < 1.29 is 13.2 Å². The van der Waals surface area contributed by atoms with Crippen LogP contribution in [-0.2, 0) is 14.8 Å². The highest BCUT2D eigenvalue weighted by atomic mass is 35.5. The second-order valence-corrected chi connectivity index (χ2v) is 6.70. The molecule has 0 fully saturated rings. The van der Waals surface area contributed by atoms with Crippen molar-refractivity contribution in [3.05, 3.63) is 28.8 Å². The van der Waals surface area contributed by atoms with Gasteiger partial charge in [-0.15, -0.1) is 0 Å². The first-order chi connectivity index (χ1) is 8.12. The first kappa shape index (κ1) is 15.0. The molecule has 0 saturated heterocycles. The van der Waals surface area contributed by atoms with Crippen molar-refractivity contribution in [2.45, 2.75) is 20.8 Å². The summed E-state index contributed by atoms with van der Waals surface area (Å²) < 4.78 is 24.6. The van der Waals surface area contributed by atoms with Crippen LogP contribution in [0.25, 0.3) is 0 Å². The Hall–Kier alpha value is -1.07. The van der Waals surface area contributed by atoms with Crippen molar-refractivity contribution in [2.24, 2.45) is 0 Å². The third kappa shape index (κ3) is 3.46. The van der Waals surface area contributed by atoms with E-state index in [2.05, 4.69) is 0 Å². The SMILES string of the molecule is Cc1cc(C)c(N(CC(=O)Cl)S(C)(=O)=O)c(C)c1. The lowest BCUT2D eigenvalue weighted by molar-refractivity contribution is -0.110. The molecule has 0 aliphatic carbocycles. The van der Waals surface area contributed by atoms with E-state index in [4.69, 9.17) is 11.6 Å². The molecule has 0 amide bonds. The first-order valence-electron chi connectivity index (χ1n) is 5.37. The van der Waals surface area contributed by atoms with Gasteiger partial charge in [-0.3, -0.25) is 9.10 Å². The lowest BCUT2D eigenvalue weighted by Crippen LogP contribution is -2.34. The lowest BCUT2D eigenvalue weighted by atomic mass is 10.1. The van der Waals surface area contributed by atoms with Gasteiger partial charge in [0.15, 0.2) is 0 Å². The molecule has 0 saturated carbocycles. The zero-order valence-corrected chi connectivity index (χ0v) is 12.4. The molecule has 0 atom stereocenters. The molecule has 6 heteroatoms. The molecule has 1 rings (SSSR count). The summed E-state index contributed by atoms with van der Waals surface area (Å²) in [4.78, 5) is 11.0. The predicted molar refractivity (Wildman–Crippen MR) is 73.7 cm³/mol. The molecule has 18 heavy (non-hydrogen) atoms. The first-order valence-corrected chi connectivity index (χ1v) is 7.59. The summed E-state index contributed by atoms with van der Waals surface area (Å²) in [6, 6.07) is 3.75. The Balaban J connectivity index is 3.44. The van der Waals surface area contributed by atoms with Crippen molar-refractivity contribution in [3.63, 3.8) is 0 Å². The zero-order chi connectivity index (χ0) is 14.1. The van der Waals surface area contributed by atoms with Crippen LogP contribution in [0.15, 0.2) is 12.1 Å². The maximum Gasteiger partial charge on any atom is 0.242 e. The quantitative estimate of drug-likeness (QED) is 0.798. The number of hydrogen-bond acceptors (Lipinski definition) is 3. The molecule has 0 aliphatic heterocycles. The molecule has 0 unspecified atom stereocenters. The van der Waals surface area contributed by atoms with Crippen molar-refractivity contribution in [3.8, 4) is 0 Å². The highest BCUT2D eigenvalue weighted by molar-refractivity contribution is 7.92. The van der Waals surface area contributed by atoms with Crippen LogP contribution in [-0.4, -0.2) is 26.5 Å². The highest BCUT2D eigenvalue weighted by Crippen LogP contribution is 2.28. The van der Waals surface area contributed by atoms with Gasteiger partial charge in [0.25, 0.3) is 0 Å². The average Bonchev–Trinajstić information content (AvgIpc) is 2.12. The van der Waals surface area contributed by atoms with E-state index >= 15 is 0 Å². The molecule has 0 heterocycles. The minimum Gasteiger partial charge on any atom is -0.279 e. The minimum atomic E-state index is -3.54. The molecule has 0 aliphatic rings. The molecule has 0 radical (unpaired) electrons. The second-order valence-electron chi connectivity index (χ2n) is 4.37. The smallest absolute Gasteiger partial charge is 0.242 e. The van der Waals surface area contributed by atoms with Crippen LogP contribution in [0.4, 0.5) is 5.69 Å². The van der Waals surface area contributed by atoms with E-state index < -0.39 is 15.3 Å². The van der Waals surface area contributed by atoms with Gasteiger partial charge in [0.2, 0.25) is 15.3 Å². The van der Waals surface area contributed by atoms with Gasteiger partial charge >= 0.3 is 0 Å². The Morgan fingerprint density at radius 1 is 1.22 bits per heavy atom. The maximum absolute atomic E-state index is 11.8. The van der Waals surface area contributed by atoms with Crippen LogP contribution in [0.2, 0.25) is 0 Å². The summed E-state index contributed by atoms with van der Waals surface area (Å²) in [6.07, 6.45) is 1.06. The number of nitrogens with zero attached hydrogens (tertiary/aromatic N) is 1. The Bertz CT molecular complexity index is 558. The highest BCUT2D eigenvalue weighted by Gasteiger charge is 2.23. The van der Waals surface area contributed by atoms with Gasteiger partial charge in [0.05, 0.1) is 11.9 Å². The third-order valence-corrected chi connectivity index (χ3v) is 3.78. The van der Waals surface area contributed by atoms with Gasteiger partial charge < -0.3 is 0 Å². The van der Waals surface area contributed by atoms with Crippen LogP contribution in [0, 0.1) is 20.8 Å². The van der Waals surface area contributed by atoms with E-state index in [9.17, 15) is 13.2 Å². The van der Waals surface area contributed by atoms with Gasteiger partial charge in [0.1, 0.15) is 6.54 Å². The topological polar surface area (TPSA) is 54.5 Å². The Morgan fingerprint density at radius 2 is 1.67 bits per heavy atom. The summed E-state index contributed by atoms with van der Waals surface area (Å²) >= 11 is 5.32. The van der Waals surface area contributed by atoms with Crippen molar-refractivity contribution in [2.75, 3.05) is 17.1 Å². The summed E-state index contributed by atoms with van der Waals surface area (Å²) in [5.74, 6) is 0. The van der Waals surface area contributed by atoms with E-state index in [0.29, 0.717) is 5.69 Å². The van der Waals surface area contributed by atoms with Crippen LogP contribution < -0.4 is 4.31 Å². The number of anilines is 1. The fraction of sp³-hybridized carbons (Fsp3) is 0.417. The van der Waals surface area contributed by atoms with Gasteiger partial charge in [-0.2, -0.15) is 0 Å². The number of carbonyl (C=O) groups is 1. The molecule has 100 valence electrons. The molecule has 0 spiro atoms. The van der Waals surface area contributed by atoms with Gasteiger partial charge in [-0.05, 0) is 43.5 Å². The predicted octanol–water partition coefficient (Wildman–Crippen LogP) is 2.14. The summed E-state index contributed by atoms with van der Waals surface area (Å²) in [6.45, 7) is 5.20. The van der Waals surface area contributed by atoms with Crippen molar-refractivity contribution in [1.29, 1.82) is 0 Å². The maximum atomic E-state index is 11.8. The molecular formula is C12H16ClNO3S. The van der Waals surface area contributed by atoms with Gasteiger partial charge in [-0.1, -0.05) is 17.7 Å². The molecular weight excluding hydrogens is 274 g/mol. The lowest BCUT2D eigenvalue weighted by Gasteiger charge is -2.24. The second kappa shape index (κ2) is 5.28. The summed E-state index contributed by atoms with van der Waals surface area (Å²) in [5.41, 5.74) is 3.17. The van der Waals surface area contributed by atoms with E-state index in [1.165, 1.54) is 0 Å². The van der Waals surface area contributed by atoms with Crippen LogP contribution in [0.5, 0.6) is 0 Å². The van der Waals surface area contributed by atoms with E-state index in [0.717, 1.165) is 27.3 Å². The fourth-order valence-corrected chi connectivity index (χ4v) is 3.20. The van der Waals surface area contributed by atoms with Crippen LogP contribution in [0.3, 0.4) is 0 Å². The molecule has 0 bridgehead atoms. The fourth-order valence-electron chi connectivity index (χ4n) is 2.04. The average molecular weight is 290 g/mol. The number of carbonyl (C=O) groups excluding carboxylic acids is 1. The molecule has 1 aromatic rings. The van der Waals surface area contributed by atoms with E-state index in [1.807, 2.05) is 32.9 Å². The number of aryl methyl sites for hydroxylation is 3. The normalized spacial score (nSPS) is 11.4. The minimum absolute atomic E-state index is 0.356.